The number of benzene rings is 3. The molecule has 2 aliphatic heterocycles. The normalized spacial score (nSPS) is 23.8. The van der Waals surface area contributed by atoms with Gasteiger partial charge in [0.2, 0.25) is 0 Å². The predicted octanol–water partition coefficient (Wildman–Crippen LogP) is 4.88. The minimum atomic E-state index is -0.764. The summed E-state index contributed by atoms with van der Waals surface area (Å²) < 4.78 is 11.9. The standard InChI is InChI=1S/C27H26N2O5/c1-3-33-27(32)23-16(2)28-25(17-10-4-7-13-20(17)30)29-24(23)19-12-6-9-15-22(19)34-26(29)18-11-5-8-14-21(18)31/h4-15,23-26,30-31H,3H2,1-2H3. The van der Waals surface area contributed by atoms with E-state index >= 15 is 0 Å². The van der Waals surface area contributed by atoms with Crippen molar-refractivity contribution in [1.82, 2.24) is 4.90 Å². The molecule has 0 amide bonds. The van der Waals surface area contributed by atoms with Crippen molar-refractivity contribution in [2.24, 2.45) is 10.9 Å². The molecule has 7 nitrogen and oxygen atoms in total. The molecule has 34 heavy (non-hydrogen) atoms. The molecular weight excluding hydrogens is 432 g/mol. The summed E-state index contributed by atoms with van der Waals surface area (Å²) in [5, 5.41) is 21.5. The fraction of sp³-hybridized carbons (Fsp3) is 0.259. The van der Waals surface area contributed by atoms with Gasteiger partial charge in [-0.25, -0.2) is 4.90 Å². The van der Waals surface area contributed by atoms with Crippen LogP contribution in [0, 0.1) is 5.92 Å². The molecule has 0 saturated heterocycles. The van der Waals surface area contributed by atoms with Crippen LogP contribution >= 0.6 is 0 Å². The van der Waals surface area contributed by atoms with Crippen molar-refractivity contribution in [2.45, 2.75) is 32.3 Å². The van der Waals surface area contributed by atoms with Crippen molar-refractivity contribution in [3.63, 3.8) is 0 Å². The molecule has 2 heterocycles. The Balaban J connectivity index is 1.77. The number of phenolic OH excluding ortho intramolecular Hbond substituents is 2. The molecule has 7 heteroatoms. The van der Waals surface area contributed by atoms with Gasteiger partial charge in [0.1, 0.15) is 29.3 Å². The molecule has 174 valence electrons. The van der Waals surface area contributed by atoms with E-state index in [1.165, 1.54) is 0 Å². The number of fused-ring (bicyclic) bond motifs is 3. The Kier molecular flexibility index (Phi) is 5.71. The summed E-state index contributed by atoms with van der Waals surface area (Å²) in [5.74, 6) is -0.271. The van der Waals surface area contributed by atoms with E-state index in [0.717, 1.165) is 5.56 Å². The maximum atomic E-state index is 13.2. The van der Waals surface area contributed by atoms with E-state index in [4.69, 9.17) is 14.5 Å². The Morgan fingerprint density at radius 2 is 1.53 bits per heavy atom. The zero-order valence-corrected chi connectivity index (χ0v) is 19.0. The van der Waals surface area contributed by atoms with Crippen molar-refractivity contribution >= 4 is 11.7 Å². The lowest BCUT2D eigenvalue weighted by atomic mass is 9.83. The van der Waals surface area contributed by atoms with Gasteiger partial charge in [-0.05, 0) is 32.0 Å². The van der Waals surface area contributed by atoms with Crippen LogP contribution in [0.25, 0.3) is 0 Å². The Morgan fingerprint density at radius 1 is 0.941 bits per heavy atom. The number of aromatic hydroxyl groups is 2. The fourth-order valence-corrected chi connectivity index (χ4v) is 4.91. The van der Waals surface area contributed by atoms with E-state index < -0.39 is 24.4 Å². The maximum absolute atomic E-state index is 13.2. The van der Waals surface area contributed by atoms with Crippen molar-refractivity contribution in [1.29, 1.82) is 0 Å². The average molecular weight is 459 g/mol. The third-order valence-electron chi connectivity index (χ3n) is 6.40. The van der Waals surface area contributed by atoms with Crippen LogP contribution in [-0.2, 0) is 9.53 Å². The third kappa shape index (κ3) is 3.58. The minimum absolute atomic E-state index is 0.0700. The number of para-hydroxylation sites is 3. The molecule has 3 aromatic carbocycles. The minimum Gasteiger partial charge on any atom is -0.508 e. The van der Waals surface area contributed by atoms with Gasteiger partial charge in [0, 0.05) is 22.4 Å². The van der Waals surface area contributed by atoms with Crippen LogP contribution in [-0.4, -0.2) is 33.4 Å². The van der Waals surface area contributed by atoms with E-state index in [1.807, 2.05) is 48.2 Å². The van der Waals surface area contributed by atoms with Gasteiger partial charge >= 0.3 is 5.97 Å². The highest BCUT2D eigenvalue weighted by Gasteiger charge is 2.51. The smallest absolute Gasteiger partial charge is 0.316 e. The van der Waals surface area contributed by atoms with E-state index in [2.05, 4.69) is 0 Å². The number of phenols is 2. The number of esters is 1. The number of hydrogen-bond donors (Lipinski definition) is 2. The largest absolute Gasteiger partial charge is 0.508 e. The second-order valence-corrected chi connectivity index (χ2v) is 8.39. The molecule has 3 aromatic rings. The molecule has 0 spiro atoms. The second kappa shape index (κ2) is 8.83. The first-order valence-electron chi connectivity index (χ1n) is 11.3. The summed E-state index contributed by atoms with van der Waals surface area (Å²) >= 11 is 0. The SMILES string of the molecule is CCOC(=O)C1C(C)=NC(c2ccccc2O)N2C(c3ccccc3O)Oc3ccccc3C12. The highest BCUT2D eigenvalue weighted by atomic mass is 16.5. The van der Waals surface area contributed by atoms with Gasteiger partial charge in [-0.2, -0.15) is 0 Å². The Labute approximate surface area is 197 Å². The van der Waals surface area contributed by atoms with Crippen LogP contribution in [0.2, 0.25) is 0 Å². The van der Waals surface area contributed by atoms with Crippen LogP contribution in [0.3, 0.4) is 0 Å². The lowest BCUT2D eigenvalue weighted by Crippen LogP contribution is -2.51. The molecule has 4 unspecified atom stereocenters. The molecule has 2 N–H and O–H groups in total. The van der Waals surface area contributed by atoms with Crippen molar-refractivity contribution in [3.05, 3.63) is 89.5 Å². The zero-order chi connectivity index (χ0) is 23.8. The average Bonchev–Trinajstić information content (AvgIpc) is 2.84. The molecule has 0 saturated carbocycles. The number of ether oxygens (including phenoxy) is 2. The lowest BCUT2D eigenvalue weighted by molar-refractivity contribution is -0.153. The molecule has 0 radical (unpaired) electrons. The Hall–Kier alpha value is -3.84. The number of rotatable bonds is 4. The molecule has 5 rings (SSSR count). The molecule has 2 aliphatic rings. The second-order valence-electron chi connectivity index (χ2n) is 8.39. The zero-order valence-electron chi connectivity index (χ0n) is 19.0. The van der Waals surface area contributed by atoms with E-state index in [9.17, 15) is 15.0 Å². The van der Waals surface area contributed by atoms with Crippen molar-refractivity contribution in [3.8, 4) is 17.2 Å². The topological polar surface area (TPSA) is 91.6 Å². The van der Waals surface area contributed by atoms with Gasteiger partial charge < -0.3 is 19.7 Å². The van der Waals surface area contributed by atoms with Gasteiger partial charge in [0.15, 0.2) is 6.23 Å². The summed E-state index contributed by atoms with van der Waals surface area (Å²) in [6.07, 6.45) is -1.42. The van der Waals surface area contributed by atoms with Crippen LogP contribution in [0.1, 0.15) is 49.0 Å². The van der Waals surface area contributed by atoms with Gasteiger partial charge in [0.05, 0.1) is 12.6 Å². The first-order valence-corrected chi connectivity index (χ1v) is 11.3. The maximum Gasteiger partial charge on any atom is 0.316 e. The summed E-state index contributed by atoms with van der Waals surface area (Å²) in [6, 6.07) is 21.0. The summed E-state index contributed by atoms with van der Waals surface area (Å²) in [6.45, 7) is 3.84. The number of carbonyl (C=O) groups is 1. The molecule has 0 aliphatic carbocycles. The lowest BCUT2D eigenvalue weighted by Gasteiger charge is -2.50. The van der Waals surface area contributed by atoms with Gasteiger partial charge in [0.25, 0.3) is 0 Å². The van der Waals surface area contributed by atoms with Gasteiger partial charge in [-0.1, -0.05) is 54.6 Å². The van der Waals surface area contributed by atoms with E-state index in [0.29, 0.717) is 22.6 Å². The van der Waals surface area contributed by atoms with Crippen LogP contribution in [0.5, 0.6) is 17.2 Å². The number of aliphatic imine (C=N–C) groups is 1. The van der Waals surface area contributed by atoms with Gasteiger partial charge in [-0.15, -0.1) is 0 Å². The van der Waals surface area contributed by atoms with Crippen LogP contribution < -0.4 is 4.74 Å². The van der Waals surface area contributed by atoms with Crippen molar-refractivity contribution < 1.29 is 24.5 Å². The molecule has 0 aromatic heterocycles. The first kappa shape index (κ1) is 22.0. The fourth-order valence-electron chi connectivity index (χ4n) is 4.91. The van der Waals surface area contributed by atoms with E-state index in [1.54, 1.807) is 43.3 Å². The number of nitrogens with zero attached hydrogens (tertiary/aromatic N) is 2. The summed E-state index contributed by atoms with van der Waals surface area (Å²) in [5.41, 5.74) is 2.56. The highest BCUT2D eigenvalue weighted by molar-refractivity contribution is 6.02. The number of carbonyl (C=O) groups excluding carboxylic acids is 1. The molecule has 0 bridgehead atoms. The molecule has 0 fully saturated rings. The third-order valence-corrected chi connectivity index (χ3v) is 6.40. The van der Waals surface area contributed by atoms with Crippen LogP contribution in [0.15, 0.2) is 77.8 Å². The summed E-state index contributed by atoms with van der Waals surface area (Å²) in [4.78, 5) is 20.1. The highest BCUT2D eigenvalue weighted by Crippen LogP contribution is 2.54. The number of hydrogen-bond acceptors (Lipinski definition) is 7. The first-order chi connectivity index (χ1) is 16.5. The van der Waals surface area contributed by atoms with Crippen LogP contribution in [0.4, 0.5) is 0 Å². The van der Waals surface area contributed by atoms with Gasteiger partial charge in [-0.3, -0.25) is 9.79 Å². The molecular formula is C27H26N2O5. The van der Waals surface area contributed by atoms with Crippen molar-refractivity contribution in [2.75, 3.05) is 6.61 Å². The predicted molar refractivity (Wildman–Crippen MR) is 127 cm³/mol. The Morgan fingerprint density at radius 3 is 2.18 bits per heavy atom. The molecule has 4 atom stereocenters. The Bertz CT molecular complexity index is 1260. The summed E-state index contributed by atoms with van der Waals surface area (Å²) in [7, 11) is 0. The monoisotopic (exact) mass is 458 g/mol. The quantitative estimate of drug-likeness (QED) is 0.541. The van der Waals surface area contributed by atoms with E-state index in [-0.39, 0.29) is 24.1 Å².